The second-order valence-electron chi connectivity index (χ2n) is 3.01. The van der Waals surface area contributed by atoms with Crippen molar-refractivity contribution in [2.45, 2.75) is 6.61 Å². The van der Waals surface area contributed by atoms with Gasteiger partial charge < -0.3 is 4.74 Å². The fourth-order valence-electron chi connectivity index (χ4n) is 0.863. The maximum atomic E-state index is 5.74. The zero-order valence-corrected chi connectivity index (χ0v) is 8.58. The lowest BCUT2D eigenvalue weighted by Crippen LogP contribution is -2.02. The summed E-state index contributed by atoms with van der Waals surface area (Å²) in [6, 6.07) is 7.61. The van der Waals surface area contributed by atoms with Crippen LogP contribution in [0.4, 0.5) is 0 Å². The van der Waals surface area contributed by atoms with E-state index >= 15 is 0 Å². The van der Waals surface area contributed by atoms with Crippen LogP contribution >= 0.6 is 11.6 Å². The van der Waals surface area contributed by atoms with Gasteiger partial charge >= 0.3 is 6.40 Å². The van der Waals surface area contributed by atoms with Crippen LogP contribution in [-0.4, -0.2) is 25.1 Å². The van der Waals surface area contributed by atoms with Gasteiger partial charge in [0.1, 0.15) is 20.7 Å². The van der Waals surface area contributed by atoms with Crippen molar-refractivity contribution in [3.63, 3.8) is 0 Å². The average molecular weight is 199 g/mol. The summed E-state index contributed by atoms with van der Waals surface area (Å²) >= 11 is 5.74. The van der Waals surface area contributed by atoms with E-state index in [1.165, 1.54) is 0 Å². The van der Waals surface area contributed by atoms with Crippen molar-refractivity contribution in [2.75, 3.05) is 14.1 Å². The zero-order chi connectivity index (χ0) is 9.68. The largest absolute Gasteiger partial charge is 0.445 e. The second kappa shape index (κ2) is 4.87. The van der Waals surface area contributed by atoms with E-state index in [9.17, 15) is 0 Å². The molecule has 2 nitrogen and oxygen atoms in total. The lowest BCUT2D eigenvalue weighted by molar-refractivity contribution is -0.468. The highest BCUT2D eigenvalue weighted by Gasteiger charge is 1.93. The molecule has 3 heteroatoms. The van der Waals surface area contributed by atoms with Gasteiger partial charge in [-0.1, -0.05) is 23.7 Å². The Hall–Kier alpha value is -1.02. The van der Waals surface area contributed by atoms with E-state index in [-0.39, 0.29) is 0 Å². The Balaban J connectivity index is 2.46. The second-order valence-corrected chi connectivity index (χ2v) is 3.44. The van der Waals surface area contributed by atoms with Gasteiger partial charge in [-0.25, -0.2) is 4.58 Å². The van der Waals surface area contributed by atoms with Crippen molar-refractivity contribution in [3.05, 3.63) is 34.9 Å². The zero-order valence-electron chi connectivity index (χ0n) is 7.83. The number of nitrogens with zero attached hydrogens (tertiary/aromatic N) is 1. The Labute approximate surface area is 83.4 Å². The fourth-order valence-corrected chi connectivity index (χ4v) is 0.989. The summed E-state index contributed by atoms with van der Waals surface area (Å²) in [5, 5.41) is 0.750. The molecule has 0 saturated carbocycles. The smallest absolute Gasteiger partial charge is 0.323 e. The predicted octanol–water partition coefficient (Wildman–Crippen LogP) is 2.16. The highest BCUT2D eigenvalue weighted by molar-refractivity contribution is 6.30. The summed E-state index contributed by atoms with van der Waals surface area (Å²) in [6.07, 6.45) is 1.68. The Kier molecular flexibility index (Phi) is 3.77. The van der Waals surface area contributed by atoms with E-state index in [1.807, 2.05) is 42.9 Å². The van der Waals surface area contributed by atoms with Gasteiger partial charge in [0.15, 0.2) is 0 Å². The first-order valence-corrected chi connectivity index (χ1v) is 4.42. The maximum absolute atomic E-state index is 5.74. The highest BCUT2D eigenvalue weighted by Crippen LogP contribution is 2.09. The summed E-state index contributed by atoms with van der Waals surface area (Å²) in [7, 11) is 3.84. The van der Waals surface area contributed by atoms with Gasteiger partial charge in [0.2, 0.25) is 0 Å². The van der Waals surface area contributed by atoms with Crippen molar-refractivity contribution < 1.29 is 9.31 Å². The van der Waals surface area contributed by atoms with Crippen LogP contribution < -0.4 is 0 Å². The Morgan fingerprint density at radius 1 is 1.31 bits per heavy atom. The molecule has 0 aromatic heterocycles. The maximum Gasteiger partial charge on any atom is 0.323 e. The van der Waals surface area contributed by atoms with Crippen LogP contribution in [0.15, 0.2) is 24.3 Å². The fraction of sp³-hybridized carbons (Fsp3) is 0.300. The number of hydrogen-bond donors (Lipinski definition) is 0. The first-order valence-electron chi connectivity index (χ1n) is 4.04. The van der Waals surface area contributed by atoms with Crippen LogP contribution in [0.3, 0.4) is 0 Å². The van der Waals surface area contributed by atoms with Crippen molar-refractivity contribution in [1.29, 1.82) is 0 Å². The van der Waals surface area contributed by atoms with Crippen LogP contribution in [-0.2, 0) is 11.3 Å². The molecule has 0 amide bonds. The summed E-state index contributed by atoms with van der Waals surface area (Å²) < 4.78 is 7.14. The molecule has 1 aromatic carbocycles. The first kappa shape index (κ1) is 10.1. The van der Waals surface area contributed by atoms with Crippen molar-refractivity contribution in [2.24, 2.45) is 0 Å². The lowest BCUT2D eigenvalue weighted by Gasteiger charge is -1.98. The molecule has 1 rings (SSSR count). The van der Waals surface area contributed by atoms with Crippen LogP contribution in [0.25, 0.3) is 0 Å². The van der Waals surface area contributed by atoms with E-state index in [2.05, 4.69) is 0 Å². The molecule has 0 aliphatic carbocycles. The first-order chi connectivity index (χ1) is 6.18. The molecule has 0 fully saturated rings. The minimum Gasteiger partial charge on any atom is -0.445 e. The molecule has 0 spiro atoms. The molecule has 0 aliphatic heterocycles. The summed E-state index contributed by atoms with van der Waals surface area (Å²) in [6.45, 7) is 0.579. The number of ether oxygens (including phenoxy) is 1. The number of hydrogen-bond acceptors (Lipinski definition) is 1. The van der Waals surface area contributed by atoms with Gasteiger partial charge in [0.25, 0.3) is 0 Å². The van der Waals surface area contributed by atoms with Crippen molar-refractivity contribution in [1.82, 2.24) is 0 Å². The molecule has 0 saturated heterocycles. The molecule has 0 bridgehead atoms. The SMILES string of the molecule is C[N+](C)=COCc1ccc(Cl)cc1. The van der Waals surface area contributed by atoms with E-state index in [4.69, 9.17) is 16.3 Å². The third kappa shape index (κ3) is 3.95. The Morgan fingerprint density at radius 2 is 1.92 bits per heavy atom. The third-order valence-corrected chi connectivity index (χ3v) is 1.70. The normalized spacial score (nSPS) is 9.46. The van der Waals surface area contributed by atoms with Crippen LogP contribution in [0.2, 0.25) is 5.02 Å². The number of halogens is 1. The monoisotopic (exact) mass is 198 g/mol. The average Bonchev–Trinajstić information content (AvgIpc) is 2.08. The van der Waals surface area contributed by atoms with Crippen LogP contribution in [0, 0.1) is 0 Å². The highest BCUT2D eigenvalue weighted by atomic mass is 35.5. The van der Waals surface area contributed by atoms with Crippen LogP contribution in [0.1, 0.15) is 5.56 Å². The van der Waals surface area contributed by atoms with Crippen molar-refractivity contribution >= 4 is 18.0 Å². The molecular weight excluding hydrogens is 186 g/mol. The molecule has 0 radical (unpaired) electrons. The quantitative estimate of drug-likeness (QED) is 0.412. The number of benzene rings is 1. The van der Waals surface area contributed by atoms with Crippen molar-refractivity contribution in [3.8, 4) is 0 Å². The molecule has 0 atom stereocenters. The number of rotatable bonds is 3. The topological polar surface area (TPSA) is 12.2 Å². The summed E-state index contributed by atoms with van der Waals surface area (Å²) in [5.41, 5.74) is 1.11. The van der Waals surface area contributed by atoms with E-state index in [0.29, 0.717) is 6.61 Å². The Morgan fingerprint density at radius 3 is 2.46 bits per heavy atom. The van der Waals surface area contributed by atoms with Gasteiger partial charge in [-0.3, -0.25) is 0 Å². The Bertz CT molecular complexity index is 288. The minimum absolute atomic E-state index is 0.579. The lowest BCUT2D eigenvalue weighted by atomic mass is 10.2. The molecule has 0 N–H and O–H groups in total. The molecule has 0 heterocycles. The van der Waals surface area contributed by atoms with Gasteiger partial charge in [0, 0.05) is 5.02 Å². The van der Waals surface area contributed by atoms with Gasteiger partial charge in [0.05, 0.1) is 0 Å². The van der Waals surface area contributed by atoms with E-state index in [0.717, 1.165) is 10.6 Å². The summed E-state index contributed by atoms with van der Waals surface area (Å²) in [5.74, 6) is 0. The standard InChI is InChI=1S/C10H13ClNO/c1-12(2)8-13-7-9-3-5-10(11)6-4-9/h3-6,8H,7H2,1-2H3/q+1. The van der Waals surface area contributed by atoms with Gasteiger partial charge in [-0.2, -0.15) is 0 Å². The summed E-state index contributed by atoms with van der Waals surface area (Å²) in [4.78, 5) is 0. The van der Waals surface area contributed by atoms with E-state index in [1.54, 1.807) is 6.40 Å². The van der Waals surface area contributed by atoms with Crippen LogP contribution in [0.5, 0.6) is 0 Å². The molecular formula is C10H13ClNO+. The molecule has 70 valence electrons. The molecule has 1 aromatic rings. The molecule has 13 heavy (non-hydrogen) atoms. The van der Waals surface area contributed by atoms with Gasteiger partial charge in [-0.15, -0.1) is 0 Å². The predicted molar refractivity (Wildman–Crippen MR) is 54.4 cm³/mol. The third-order valence-electron chi connectivity index (χ3n) is 1.45. The van der Waals surface area contributed by atoms with Gasteiger partial charge in [-0.05, 0) is 17.7 Å². The minimum atomic E-state index is 0.579. The van der Waals surface area contributed by atoms with E-state index < -0.39 is 0 Å². The molecule has 0 unspecified atom stereocenters. The molecule has 0 aliphatic rings.